The van der Waals surface area contributed by atoms with Gasteiger partial charge in [-0.2, -0.15) is 5.10 Å². The van der Waals surface area contributed by atoms with Crippen molar-refractivity contribution in [3.05, 3.63) is 30.5 Å². The average molecular weight is 275 g/mol. The fraction of sp³-hybridized carbons (Fsp3) is 0.467. The second-order valence-electron chi connectivity index (χ2n) is 5.20. The third kappa shape index (κ3) is 2.99. The van der Waals surface area contributed by atoms with Gasteiger partial charge >= 0.3 is 5.97 Å². The molecule has 0 bridgehead atoms. The third-order valence-corrected chi connectivity index (χ3v) is 3.64. The van der Waals surface area contributed by atoms with Gasteiger partial charge in [-0.3, -0.25) is 9.48 Å². The van der Waals surface area contributed by atoms with Gasteiger partial charge in [0.25, 0.3) is 0 Å². The number of para-hydroxylation sites is 1. The van der Waals surface area contributed by atoms with Crippen LogP contribution in [-0.4, -0.2) is 32.9 Å². The van der Waals surface area contributed by atoms with Crippen LogP contribution >= 0.6 is 0 Å². The number of carboxylic acids is 1. The van der Waals surface area contributed by atoms with E-state index in [4.69, 9.17) is 0 Å². The predicted molar refractivity (Wildman–Crippen MR) is 78.7 cm³/mol. The first-order valence-electron chi connectivity index (χ1n) is 6.96. The van der Waals surface area contributed by atoms with Crippen molar-refractivity contribution in [1.29, 1.82) is 0 Å². The van der Waals surface area contributed by atoms with E-state index in [1.807, 2.05) is 42.1 Å². The molecule has 1 aromatic heterocycles. The largest absolute Gasteiger partial charge is 0.480 e. The molecule has 0 radical (unpaired) electrons. The first-order chi connectivity index (χ1) is 9.57. The number of carboxylic acid groups (broad SMARTS) is 1. The van der Waals surface area contributed by atoms with Crippen molar-refractivity contribution in [3.8, 4) is 0 Å². The van der Waals surface area contributed by atoms with Crippen LogP contribution in [0.15, 0.2) is 30.5 Å². The minimum atomic E-state index is -0.863. The van der Waals surface area contributed by atoms with E-state index in [2.05, 4.69) is 10.4 Å². The van der Waals surface area contributed by atoms with Crippen molar-refractivity contribution in [2.75, 3.05) is 6.54 Å². The normalized spacial score (nSPS) is 14.3. The van der Waals surface area contributed by atoms with E-state index >= 15 is 0 Å². The number of aryl methyl sites for hydroxylation is 1. The molecule has 2 N–H and O–H groups in total. The lowest BCUT2D eigenvalue weighted by molar-refractivity contribution is -0.144. The summed E-state index contributed by atoms with van der Waals surface area (Å²) in [5, 5.41) is 17.8. The van der Waals surface area contributed by atoms with E-state index in [1.54, 1.807) is 6.92 Å². The standard InChI is InChI=1S/C15H21N3O2/c1-3-16-15(2,14(19)20)9-6-10-18-13-8-5-4-7-12(13)11-17-18/h4-5,7-8,11,16H,3,6,9-10H2,1-2H3,(H,19,20). The monoisotopic (exact) mass is 275 g/mol. The topological polar surface area (TPSA) is 67.2 Å². The molecule has 5 nitrogen and oxygen atoms in total. The fourth-order valence-corrected chi connectivity index (χ4v) is 2.45. The zero-order valence-corrected chi connectivity index (χ0v) is 12.0. The Bertz CT molecular complexity index is 594. The van der Waals surface area contributed by atoms with Gasteiger partial charge in [0.1, 0.15) is 5.54 Å². The number of aliphatic carboxylic acids is 1. The number of benzene rings is 1. The van der Waals surface area contributed by atoms with Crippen LogP contribution in [0.25, 0.3) is 10.9 Å². The molecule has 5 heteroatoms. The van der Waals surface area contributed by atoms with Crippen LogP contribution in [0, 0.1) is 0 Å². The zero-order chi connectivity index (χ0) is 14.6. The van der Waals surface area contributed by atoms with Gasteiger partial charge in [0.05, 0.1) is 11.7 Å². The minimum Gasteiger partial charge on any atom is -0.480 e. The van der Waals surface area contributed by atoms with E-state index in [0.717, 1.165) is 23.9 Å². The van der Waals surface area contributed by atoms with Crippen LogP contribution in [0.5, 0.6) is 0 Å². The molecule has 2 rings (SSSR count). The molecule has 0 aliphatic heterocycles. The highest BCUT2D eigenvalue weighted by Crippen LogP contribution is 2.16. The second kappa shape index (κ2) is 6.05. The highest BCUT2D eigenvalue weighted by molar-refractivity contribution is 5.78. The zero-order valence-electron chi connectivity index (χ0n) is 12.0. The lowest BCUT2D eigenvalue weighted by atomic mass is 9.96. The number of hydrogen-bond acceptors (Lipinski definition) is 3. The number of carbonyl (C=O) groups is 1. The summed E-state index contributed by atoms with van der Waals surface area (Å²) in [4.78, 5) is 11.3. The lowest BCUT2D eigenvalue weighted by Gasteiger charge is -2.25. The molecule has 0 aliphatic rings. The van der Waals surface area contributed by atoms with E-state index in [0.29, 0.717) is 13.0 Å². The van der Waals surface area contributed by atoms with E-state index in [9.17, 15) is 9.90 Å². The molecule has 1 aromatic carbocycles. The number of aromatic nitrogens is 2. The Balaban J connectivity index is 2.00. The number of nitrogens with zero attached hydrogens (tertiary/aromatic N) is 2. The molecule has 2 aromatic rings. The molecule has 0 amide bonds. The SMILES string of the molecule is CCNC(C)(CCCn1ncc2ccccc21)C(=O)O. The number of fused-ring (bicyclic) bond motifs is 1. The molecule has 1 heterocycles. The van der Waals surface area contributed by atoms with Crippen LogP contribution in [0.2, 0.25) is 0 Å². The Hall–Kier alpha value is -1.88. The van der Waals surface area contributed by atoms with Gasteiger partial charge in [0.15, 0.2) is 0 Å². The van der Waals surface area contributed by atoms with Crippen molar-refractivity contribution < 1.29 is 9.90 Å². The Morgan fingerprint density at radius 3 is 2.90 bits per heavy atom. The van der Waals surface area contributed by atoms with Gasteiger partial charge in [0, 0.05) is 11.9 Å². The number of hydrogen-bond donors (Lipinski definition) is 2. The molecule has 1 atom stereocenters. The van der Waals surface area contributed by atoms with E-state index < -0.39 is 11.5 Å². The smallest absolute Gasteiger partial charge is 0.323 e. The maximum atomic E-state index is 11.3. The summed E-state index contributed by atoms with van der Waals surface area (Å²) in [7, 11) is 0. The number of rotatable bonds is 7. The first kappa shape index (κ1) is 14.5. The number of likely N-dealkylation sites (N-methyl/N-ethyl adjacent to an activating group) is 1. The minimum absolute atomic E-state index is 0.574. The van der Waals surface area contributed by atoms with E-state index in [1.165, 1.54) is 0 Å². The summed E-state index contributed by atoms with van der Waals surface area (Å²) in [6.07, 6.45) is 3.18. The average Bonchev–Trinajstić information content (AvgIpc) is 2.82. The molecule has 108 valence electrons. The molecule has 20 heavy (non-hydrogen) atoms. The van der Waals surface area contributed by atoms with Gasteiger partial charge in [0.2, 0.25) is 0 Å². The summed E-state index contributed by atoms with van der Waals surface area (Å²) in [5.74, 6) is -0.801. The van der Waals surface area contributed by atoms with Gasteiger partial charge < -0.3 is 10.4 Å². The third-order valence-electron chi connectivity index (χ3n) is 3.64. The summed E-state index contributed by atoms with van der Waals surface area (Å²) in [6, 6.07) is 8.03. The number of nitrogens with one attached hydrogen (secondary N) is 1. The Morgan fingerprint density at radius 1 is 1.45 bits per heavy atom. The molecule has 0 saturated heterocycles. The molecular formula is C15H21N3O2. The second-order valence-corrected chi connectivity index (χ2v) is 5.20. The van der Waals surface area contributed by atoms with Gasteiger partial charge in [-0.25, -0.2) is 0 Å². The van der Waals surface area contributed by atoms with Crippen molar-refractivity contribution >= 4 is 16.9 Å². The van der Waals surface area contributed by atoms with Crippen LogP contribution in [0.4, 0.5) is 0 Å². The van der Waals surface area contributed by atoms with Crippen LogP contribution in [-0.2, 0) is 11.3 Å². The first-order valence-corrected chi connectivity index (χ1v) is 6.96. The van der Waals surface area contributed by atoms with Gasteiger partial charge in [-0.15, -0.1) is 0 Å². The van der Waals surface area contributed by atoms with Crippen molar-refractivity contribution in [1.82, 2.24) is 15.1 Å². The molecule has 1 unspecified atom stereocenters. The van der Waals surface area contributed by atoms with Crippen molar-refractivity contribution in [2.24, 2.45) is 0 Å². The van der Waals surface area contributed by atoms with Crippen LogP contribution in [0.1, 0.15) is 26.7 Å². The van der Waals surface area contributed by atoms with Crippen molar-refractivity contribution in [3.63, 3.8) is 0 Å². The van der Waals surface area contributed by atoms with Gasteiger partial charge in [-0.1, -0.05) is 25.1 Å². The Morgan fingerprint density at radius 2 is 2.20 bits per heavy atom. The quantitative estimate of drug-likeness (QED) is 0.813. The maximum Gasteiger partial charge on any atom is 0.323 e. The summed E-state index contributed by atoms with van der Waals surface area (Å²) in [6.45, 7) is 5.03. The van der Waals surface area contributed by atoms with Gasteiger partial charge in [-0.05, 0) is 32.4 Å². The molecule has 0 saturated carbocycles. The highest BCUT2D eigenvalue weighted by Gasteiger charge is 2.31. The molecule has 0 spiro atoms. The summed E-state index contributed by atoms with van der Waals surface area (Å²) < 4.78 is 1.93. The van der Waals surface area contributed by atoms with Crippen LogP contribution in [0.3, 0.4) is 0 Å². The summed E-state index contributed by atoms with van der Waals surface area (Å²) in [5.41, 5.74) is 0.227. The Labute approximate surface area is 118 Å². The molecule has 0 aliphatic carbocycles. The van der Waals surface area contributed by atoms with E-state index in [-0.39, 0.29) is 0 Å². The predicted octanol–water partition coefficient (Wildman–Crippen LogP) is 2.27. The molecule has 0 fully saturated rings. The maximum absolute atomic E-state index is 11.3. The summed E-state index contributed by atoms with van der Waals surface area (Å²) >= 11 is 0. The lowest BCUT2D eigenvalue weighted by Crippen LogP contribution is -2.49. The molecular weight excluding hydrogens is 254 g/mol. The van der Waals surface area contributed by atoms with Crippen molar-refractivity contribution in [2.45, 2.75) is 38.8 Å². The van der Waals surface area contributed by atoms with Crippen LogP contribution < -0.4 is 5.32 Å². The fourth-order valence-electron chi connectivity index (χ4n) is 2.45. The Kier molecular flexibility index (Phi) is 4.39. The highest BCUT2D eigenvalue weighted by atomic mass is 16.4.